The zero-order valence-corrected chi connectivity index (χ0v) is 15.1. The number of nitrogens with zero attached hydrogens (tertiary/aromatic N) is 4. The van der Waals surface area contributed by atoms with E-state index in [1.807, 2.05) is 42.9 Å². The Bertz CT molecular complexity index is 775. The number of pyridine rings is 3. The van der Waals surface area contributed by atoms with Gasteiger partial charge in [0.1, 0.15) is 0 Å². The maximum absolute atomic E-state index is 4.68. The molecule has 0 aliphatic rings. The van der Waals surface area contributed by atoms with E-state index in [0.29, 0.717) is 0 Å². The lowest BCUT2D eigenvalue weighted by atomic mass is 10.0. The predicted octanol–water partition coefficient (Wildman–Crippen LogP) is 4.00. The monoisotopic (exact) mass is 332 g/mol. The Balaban J connectivity index is 1.84. The maximum Gasteiger partial charge on any atom is 0.0576 e. The Morgan fingerprint density at radius 1 is 0.720 bits per heavy atom. The molecule has 128 valence electrons. The molecule has 0 aromatic carbocycles. The van der Waals surface area contributed by atoms with Crippen LogP contribution in [0.1, 0.15) is 33.8 Å². The summed E-state index contributed by atoms with van der Waals surface area (Å²) in [6, 6.07) is 12.1. The van der Waals surface area contributed by atoms with Crippen LogP contribution in [0, 0.1) is 20.8 Å². The zero-order valence-electron chi connectivity index (χ0n) is 15.1. The Morgan fingerprint density at radius 2 is 1.32 bits per heavy atom. The van der Waals surface area contributed by atoms with Gasteiger partial charge in [-0.3, -0.25) is 19.9 Å². The first-order chi connectivity index (χ1) is 12.1. The molecule has 4 nitrogen and oxygen atoms in total. The summed E-state index contributed by atoms with van der Waals surface area (Å²) in [5.41, 5.74) is 7.06. The van der Waals surface area contributed by atoms with Crippen molar-refractivity contribution in [3.05, 3.63) is 88.8 Å². The number of hydrogen-bond donors (Lipinski definition) is 0. The summed E-state index contributed by atoms with van der Waals surface area (Å²) in [5.74, 6) is 0. The summed E-state index contributed by atoms with van der Waals surface area (Å²) >= 11 is 0. The number of hydrogen-bond acceptors (Lipinski definition) is 4. The lowest BCUT2D eigenvalue weighted by Gasteiger charge is -2.23. The topological polar surface area (TPSA) is 41.9 Å². The van der Waals surface area contributed by atoms with Crippen LogP contribution in [0.3, 0.4) is 0 Å². The molecule has 0 amide bonds. The summed E-state index contributed by atoms with van der Waals surface area (Å²) in [7, 11) is 0. The van der Waals surface area contributed by atoms with Crippen LogP contribution in [0.5, 0.6) is 0 Å². The van der Waals surface area contributed by atoms with Crippen LogP contribution in [0.2, 0.25) is 0 Å². The molecule has 0 aliphatic heterocycles. The third kappa shape index (κ3) is 4.48. The first kappa shape index (κ1) is 17.2. The van der Waals surface area contributed by atoms with Crippen molar-refractivity contribution in [1.82, 2.24) is 19.9 Å². The highest BCUT2D eigenvalue weighted by Crippen LogP contribution is 2.18. The second kappa shape index (κ2) is 7.99. The molecule has 0 radical (unpaired) electrons. The van der Waals surface area contributed by atoms with Crippen LogP contribution in [-0.4, -0.2) is 19.9 Å². The summed E-state index contributed by atoms with van der Waals surface area (Å²) in [4.78, 5) is 16.0. The SMILES string of the molecule is Cc1cnc(CN(Cc2ccccn2)Cc2ccccn2)c(C)c1C. The van der Waals surface area contributed by atoms with E-state index >= 15 is 0 Å². The van der Waals surface area contributed by atoms with E-state index in [4.69, 9.17) is 0 Å². The second-order valence-electron chi connectivity index (χ2n) is 6.43. The third-order valence-corrected chi connectivity index (χ3v) is 4.60. The maximum atomic E-state index is 4.68. The lowest BCUT2D eigenvalue weighted by molar-refractivity contribution is 0.238. The Hall–Kier alpha value is -2.59. The minimum absolute atomic E-state index is 0.769. The van der Waals surface area contributed by atoms with Gasteiger partial charge in [0.25, 0.3) is 0 Å². The Kier molecular flexibility index (Phi) is 5.51. The van der Waals surface area contributed by atoms with Gasteiger partial charge in [-0.15, -0.1) is 0 Å². The molecule has 0 fully saturated rings. The third-order valence-electron chi connectivity index (χ3n) is 4.60. The van der Waals surface area contributed by atoms with Crippen molar-refractivity contribution in [2.45, 2.75) is 40.4 Å². The quantitative estimate of drug-likeness (QED) is 0.684. The molecule has 3 heterocycles. The van der Waals surface area contributed by atoms with Crippen molar-refractivity contribution in [2.75, 3.05) is 0 Å². The molecule has 0 bridgehead atoms. The normalized spacial score (nSPS) is 11.0. The van der Waals surface area contributed by atoms with E-state index in [1.165, 1.54) is 16.7 Å². The van der Waals surface area contributed by atoms with Gasteiger partial charge in [0.05, 0.1) is 17.1 Å². The molecular weight excluding hydrogens is 308 g/mol. The molecule has 0 saturated heterocycles. The van der Waals surface area contributed by atoms with Crippen molar-refractivity contribution >= 4 is 0 Å². The molecule has 4 heteroatoms. The van der Waals surface area contributed by atoms with Crippen molar-refractivity contribution < 1.29 is 0 Å². The van der Waals surface area contributed by atoms with Crippen molar-refractivity contribution in [3.63, 3.8) is 0 Å². The van der Waals surface area contributed by atoms with Crippen LogP contribution in [0.25, 0.3) is 0 Å². The number of aromatic nitrogens is 3. The van der Waals surface area contributed by atoms with Gasteiger partial charge in [-0.25, -0.2) is 0 Å². The number of rotatable bonds is 6. The largest absolute Gasteiger partial charge is 0.286 e. The molecule has 0 atom stereocenters. The van der Waals surface area contributed by atoms with Gasteiger partial charge in [-0.1, -0.05) is 12.1 Å². The van der Waals surface area contributed by atoms with Gasteiger partial charge in [-0.2, -0.15) is 0 Å². The molecule has 0 N–H and O–H groups in total. The van der Waals surface area contributed by atoms with Gasteiger partial charge in [0.2, 0.25) is 0 Å². The Morgan fingerprint density at radius 3 is 1.84 bits per heavy atom. The van der Waals surface area contributed by atoms with Gasteiger partial charge < -0.3 is 0 Å². The van der Waals surface area contributed by atoms with Crippen LogP contribution in [-0.2, 0) is 19.6 Å². The highest BCUT2D eigenvalue weighted by Gasteiger charge is 2.13. The fraction of sp³-hybridized carbons (Fsp3) is 0.286. The van der Waals surface area contributed by atoms with Gasteiger partial charge in [0, 0.05) is 38.2 Å². The summed E-state index contributed by atoms with van der Waals surface area (Å²) in [6.45, 7) is 8.75. The Labute approximate surface area is 149 Å². The number of aryl methyl sites for hydroxylation is 1. The lowest BCUT2D eigenvalue weighted by Crippen LogP contribution is -2.24. The minimum Gasteiger partial charge on any atom is -0.286 e. The first-order valence-corrected chi connectivity index (χ1v) is 8.57. The first-order valence-electron chi connectivity index (χ1n) is 8.57. The standard InChI is InChI=1S/C21H24N4/c1-16-12-24-21(18(3)17(16)2)15-25(13-19-8-4-6-10-22-19)14-20-9-5-7-11-23-20/h4-12H,13-15H2,1-3H3. The minimum atomic E-state index is 0.769. The molecule has 0 aliphatic carbocycles. The highest BCUT2D eigenvalue weighted by atomic mass is 15.1. The van der Waals surface area contributed by atoms with E-state index in [1.54, 1.807) is 0 Å². The summed E-state index contributed by atoms with van der Waals surface area (Å²) in [6.07, 6.45) is 5.65. The summed E-state index contributed by atoms with van der Waals surface area (Å²) in [5, 5.41) is 0. The van der Waals surface area contributed by atoms with E-state index in [0.717, 1.165) is 36.7 Å². The van der Waals surface area contributed by atoms with Crippen molar-refractivity contribution in [1.29, 1.82) is 0 Å². The van der Waals surface area contributed by atoms with Gasteiger partial charge in [-0.05, 0) is 61.7 Å². The van der Waals surface area contributed by atoms with Crippen LogP contribution >= 0.6 is 0 Å². The van der Waals surface area contributed by atoms with Crippen LogP contribution in [0.4, 0.5) is 0 Å². The highest BCUT2D eigenvalue weighted by molar-refractivity contribution is 5.33. The van der Waals surface area contributed by atoms with Crippen molar-refractivity contribution in [2.24, 2.45) is 0 Å². The van der Waals surface area contributed by atoms with Gasteiger partial charge >= 0.3 is 0 Å². The average Bonchev–Trinajstić information content (AvgIpc) is 2.64. The second-order valence-corrected chi connectivity index (χ2v) is 6.43. The van der Waals surface area contributed by atoms with E-state index in [2.05, 4.69) is 52.8 Å². The molecular formula is C21H24N4. The van der Waals surface area contributed by atoms with E-state index in [9.17, 15) is 0 Å². The average molecular weight is 332 g/mol. The molecule has 0 spiro atoms. The van der Waals surface area contributed by atoms with Crippen molar-refractivity contribution in [3.8, 4) is 0 Å². The zero-order chi connectivity index (χ0) is 17.6. The molecule has 3 rings (SSSR count). The van der Waals surface area contributed by atoms with E-state index in [-0.39, 0.29) is 0 Å². The van der Waals surface area contributed by atoms with Crippen LogP contribution < -0.4 is 0 Å². The molecule has 25 heavy (non-hydrogen) atoms. The summed E-state index contributed by atoms with van der Waals surface area (Å²) < 4.78 is 0. The molecule has 0 saturated carbocycles. The molecule has 3 aromatic heterocycles. The predicted molar refractivity (Wildman–Crippen MR) is 99.9 cm³/mol. The molecule has 0 unspecified atom stereocenters. The van der Waals surface area contributed by atoms with Crippen LogP contribution in [0.15, 0.2) is 55.0 Å². The fourth-order valence-electron chi connectivity index (χ4n) is 2.86. The molecule has 3 aromatic rings. The fourth-order valence-corrected chi connectivity index (χ4v) is 2.86. The smallest absolute Gasteiger partial charge is 0.0576 e. The van der Waals surface area contributed by atoms with Gasteiger partial charge in [0.15, 0.2) is 0 Å². The van der Waals surface area contributed by atoms with E-state index < -0.39 is 0 Å².